The molecule has 0 aliphatic heterocycles. The SMILES string of the molecule is CCn1nccc1-c1c(O)cc(C)cc1O. The van der Waals surface area contributed by atoms with Gasteiger partial charge in [-0.3, -0.25) is 4.68 Å². The van der Waals surface area contributed by atoms with Crippen LogP contribution < -0.4 is 0 Å². The van der Waals surface area contributed by atoms with Crippen molar-refractivity contribution in [2.45, 2.75) is 20.4 Å². The summed E-state index contributed by atoms with van der Waals surface area (Å²) in [5, 5.41) is 23.8. The molecule has 4 heteroatoms. The average molecular weight is 218 g/mol. The van der Waals surface area contributed by atoms with Crippen molar-refractivity contribution in [3.05, 3.63) is 30.0 Å². The maximum atomic E-state index is 9.86. The lowest BCUT2D eigenvalue weighted by atomic mass is 10.1. The van der Waals surface area contributed by atoms with Crippen molar-refractivity contribution in [3.63, 3.8) is 0 Å². The normalized spacial score (nSPS) is 10.6. The molecule has 0 saturated heterocycles. The van der Waals surface area contributed by atoms with Gasteiger partial charge in [-0.05, 0) is 37.6 Å². The van der Waals surface area contributed by atoms with Crippen LogP contribution in [0.2, 0.25) is 0 Å². The predicted octanol–water partition coefficient (Wildman–Crippen LogP) is 2.29. The first-order valence-corrected chi connectivity index (χ1v) is 5.18. The van der Waals surface area contributed by atoms with E-state index in [1.165, 1.54) is 0 Å². The zero-order valence-corrected chi connectivity index (χ0v) is 9.31. The number of hydrogen-bond acceptors (Lipinski definition) is 3. The van der Waals surface area contributed by atoms with Crippen molar-refractivity contribution in [3.8, 4) is 22.8 Å². The molecule has 2 aromatic rings. The summed E-state index contributed by atoms with van der Waals surface area (Å²) < 4.78 is 1.73. The van der Waals surface area contributed by atoms with E-state index in [1.807, 2.05) is 13.8 Å². The summed E-state index contributed by atoms with van der Waals surface area (Å²) in [6.07, 6.45) is 1.65. The molecular weight excluding hydrogens is 204 g/mol. The van der Waals surface area contributed by atoms with Crippen molar-refractivity contribution < 1.29 is 10.2 Å². The van der Waals surface area contributed by atoms with Gasteiger partial charge in [-0.15, -0.1) is 0 Å². The van der Waals surface area contributed by atoms with E-state index in [0.717, 1.165) is 11.3 Å². The van der Waals surface area contributed by atoms with Crippen LogP contribution in [0.4, 0.5) is 0 Å². The fourth-order valence-corrected chi connectivity index (χ4v) is 1.81. The highest BCUT2D eigenvalue weighted by atomic mass is 16.3. The number of aromatic hydroxyl groups is 2. The quantitative estimate of drug-likeness (QED) is 0.813. The van der Waals surface area contributed by atoms with Gasteiger partial charge in [0.1, 0.15) is 11.5 Å². The average Bonchev–Trinajstić information content (AvgIpc) is 2.64. The molecule has 0 bridgehead atoms. The summed E-state index contributed by atoms with van der Waals surface area (Å²) in [6, 6.07) is 5.03. The standard InChI is InChI=1S/C12H14N2O2/c1-3-14-9(4-5-13-14)12-10(15)6-8(2)7-11(12)16/h4-7,15-16H,3H2,1-2H3. The van der Waals surface area contributed by atoms with Crippen LogP contribution in [0, 0.1) is 6.92 Å². The number of nitrogens with zero attached hydrogens (tertiary/aromatic N) is 2. The van der Waals surface area contributed by atoms with Crippen molar-refractivity contribution in [2.24, 2.45) is 0 Å². The van der Waals surface area contributed by atoms with Crippen LogP contribution in [0.1, 0.15) is 12.5 Å². The Morgan fingerprint density at radius 3 is 2.44 bits per heavy atom. The summed E-state index contributed by atoms with van der Waals surface area (Å²) in [7, 11) is 0. The van der Waals surface area contributed by atoms with Crippen LogP contribution in [-0.4, -0.2) is 20.0 Å². The van der Waals surface area contributed by atoms with Crippen LogP contribution in [0.25, 0.3) is 11.3 Å². The molecule has 84 valence electrons. The maximum Gasteiger partial charge on any atom is 0.128 e. The van der Waals surface area contributed by atoms with E-state index in [4.69, 9.17) is 0 Å². The molecule has 1 aromatic carbocycles. The van der Waals surface area contributed by atoms with Crippen LogP contribution in [0.5, 0.6) is 11.5 Å². The van der Waals surface area contributed by atoms with E-state index in [1.54, 1.807) is 29.1 Å². The Morgan fingerprint density at radius 2 is 1.88 bits per heavy atom. The number of benzene rings is 1. The molecule has 2 rings (SSSR count). The van der Waals surface area contributed by atoms with Gasteiger partial charge >= 0.3 is 0 Å². The molecule has 0 amide bonds. The van der Waals surface area contributed by atoms with Gasteiger partial charge in [0.2, 0.25) is 0 Å². The zero-order valence-electron chi connectivity index (χ0n) is 9.31. The van der Waals surface area contributed by atoms with Gasteiger partial charge in [0, 0.05) is 12.7 Å². The number of phenolic OH excluding ortho intramolecular Hbond substituents is 2. The highest BCUT2D eigenvalue weighted by Crippen LogP contribution is 2.37. The number of aryl methyl sites for hydroxylation is 2. The number of hydrogen-bond donors (Lipinski definition) is 2. The van der Waals surface area contributed by atoms with Crippen molar-refractivity contribution >= 4 is 0 Å². The molecule has 2 N–H and O–H groups in total. The van der Waals surface area contributed by atoms with Gasteiger partial charge in [-0.2, -0.15) is 5.10 Å². The third-order valence-corrected chi connectivity index (χ3v) is 2.51. The Kier molecular flexibility index (Phi) is 2.56. The largest absolute Gasteiger partial charge is 0.507 e. The topological polar surface area (TPSA) is 58.3 Å². The molecule has 0 spiro atoms. The predicted molar refractivity (Wildman–Crippen MR) is 61.4 cm³/mol. The Morgan fingerprint density at radius 1 is 1.25 bits per heavy atom. The molecule has 0 fully saturated rings. The summed E-state index contributed by atoms with van der Waals surface area (Å²) >= 11 is 0. The minimum absolute atomic E-state index is 0.0766. The monoisotopic (exact) mass is 218 g/mol. The molecule has 16 heavy (non-hydrogen) atoms. The van der Waals surface area contributed by atoms with Crippen LogP contribution in [0.3, 0.4) is 0 Å². The van der Waals surface area contributed by atoms with E-state index in [-0.39, 0.29) is 11.5 Å². The highest BCUT2D eigenvalue weighted by Gasteiger charge is 2.14. The minimum atomic E-state index is 0.0766. The summed E-state index contributed by atoms with van der Waals surface area (Å²) in [4.78, 5) is 0. The van der Waals surface area contributed by atoms with Crippen molar-refractivity contribution in [1.29, 1.82) is 0 Å². The summed E-state index contributed by atoms with van der Waals surface area (Å²) in [5.74, 6) is 0.153. The number of aromatic nitrogens is 2. The zero-order chi connectivity index (χ0) is 11.7. The van der Waals surface area contributed by atoms with Gasteiger partial charge in [0.05, 0.1) is 11.3 Å². The smallest absolute Gasteiger partial charge is 0.128 e. The van der Waals surface area contributed by atoms with Gasteiger partial charge in [-0.25, -0.2) is 0 Å². The van der Waals surface area contributed by atoms with E-state index < -0.39 is 0 Å². The third-order valence-electron chi connectivity index (χ3n) is 2.51. The summed E-state index contributed by atoms with van der Waals surface area (Å²) in [6.45, 7) is 4.47. The van der Waals surface area contributed by atoms with Gasteiger partial charge < -0.3 is 10.2 Å². The molecule has 0 unspecified atom stereocenters. The van der Waals surface area contributed by atoms with E-state index in [2.05, 4.69) is 5.10 Å². The lowest BCUT2D eigenvalue weighted by molar-refractivity contribution is 0.452. The fourth-order valence-electron chi connectivity index (χ4n) is 1.81. The third kappa shape index (κ3) is 1.62. The minimum Gasteiger partial charge on any atom is -0.507 e. The second kappa shape index (κ2) is 3.89. The van der Waals surface area contributed by atoms with Crippen molar-refractivity contribution in [1.82, 2.24) is 9.78 Å². The van der Waals surface area contributed by atoms with Gasteiger partial charge in [-0.1, -0.05) is 0 Å². The molecule has 4 nitrogen and oxygen atoms in total. The van der Waals surface area contributed by atoms with Crippen LogP contribution in [0.15, 0.2) is 24.4 Å². The van der Waals surface area contributed by atoms with E-state index in [0.29, 0.717) is 12.1 Å². The maximum absolute atomic E-state index is 9.86. The fraction of sp³-hybridized carbons (Fsp3) is 0.250. The molecule has 0 atom stereocenters. The number of phenols is 2. The Hall–Kier alpha value is -1.97. The molecule has 0 aliphatic carbocycles. The van der Waals surface area contributed by atoms with Gasteiger partial charge in [0.25, 0.3) is 0 Å². The first-order chi connectivity index (χ1) is 7.63. The lowest BCUT2D eigenvalue weighted by Gasteiger charge is -2.10. The molecule has 0 radical (unpaired) electrons. The second-order valence-corrected chi connectivity index (χ2v) is 3.71. The second-order valence-electron chi connectivity index (χ2n) is 3.71. The molecule has 1 aromatic heterocycles. The first-order valence-electron chi connectivity index (χ1n) is 5.18. The number of rotatable bonds is 2. The molecule has 1 heterocycles. The molecular formula is C12H14N2O2. The van der Waals surface area contributed by atoms with Gasteiger partial charge in [0.15, 0.2) is 0 Å². The Balaban J connectivity index is 2.64. The van der Waals surface area contributed by atoms with Crippen molar-refractivity contribution in [2.75, 3.05) is 0 Å². The van der Waals surface area contributed by atoms with E-state index in [9.17, 15) is 10.2 Å². The Labute approximate surface area is 93.8 Å². The van der Waals surface area contributed by atoms with E-state index >= 15 is 0 Å². The molecule has 0 aliphatic rings. The Bertz CT molecular complexity index is 494. The first kappa shape index (κ1) is 10.5. The van der Waals surface area contributed by atoms with Crippen LogP contribution >= 0.6 is 0 Å². The lowest BCUT2D eigenvalue weighted by Crippen LogP contribution is -1.99. The summed E-state index contributed by atoms with van der Waals surface area (Å²) in [5.41, 5.74) is 1.98. The molecule has 0 saturated carbocycles. The van der Waals surface area contributed by atoms with Crippen LogP contribution in [-0.2, 0) is 6.54 Å². The highest BCUT2D eigenvalue weighted by molar-refractivity contribution is 5.74.